The van der Waals surface area contributed by atoms with Gasteiger partial charge in [0.15, 0.2) is 0 Å². The van der Waals surface area contributed by atoms with Gasteiger partial charge in [0, 0.05) is 23.2 Å². The van der Waals surface area contributed by atoms with E-state index in [4.69, 9.17) is 0 Å². The van der Waals surface area contributed by atoms with Gasteiger partial charge in [-0.25, -0.2) is 0 Å². The molecule has 1 heterocycles. The first kappa shape index (κ1) is 23.2. The molecular formula is C39H29N. The van der Waals surface area contributed by atoms with Gasteiger partial charge in [0.1, 0.15) is 0 Å². The molecule has 0 N–H and O–H groups in total. The zero-order chi connectivity index (χ0) is 27.0. The van der Waals surface area contributed by atoms with Crippen LogP contribution >= 0.6 is 0 Å². The summed E-state index contributed by atoms with van der Waals surface area (Å²) >= 11 is 0. The molecule has 1 nitrogen and oxygen atoms in total. The van der Waals surface area contributed by atoms with Crippen LogP contribution in [0, 0.1) is 6.92 Å². The summed E-state index contributed by atoms with van der Waals surface area (Å²) in [5.41, 5.74) is 11.8. The Morgan fingerprint density at radius 2 is 1.12 bits per heavy atom. The minimum Gasteiger partial charge on any atom is -0.264 e. The van der Waals surface area contributed by atoms with Crippen molar-refractivity contribution in [1.82, 2.24) is 4.98 Å². The Hall–Kier alpha value is -4.75. The summed E-state index contributed by atoms with van der Waals surface area (Å²) in [7, 11) is 0. The summed E-state index contributed by atoms with van der Waals surface area (Å²) in [6.07, 6.45) is 3.99. The van der Waals surface area contributed by atoms with Crippen molar-refractivity contribution in [3.63, 3.8) is 0 Å². The Kier molecular flexibility index (Phi) is 4.85. The van der Waals surface area contributed by atoms with Crippen molar-refractivity contribution in [2.75, 3.05) is 0 Å². The minimum absolute atomic E-state index is 0.0458. The zero-order valence-electron chi connectivity index (χ0n) is 23.0. The van der Waals surface area contributed by atoms with Crippen molar-refractivity contribution in [1.29, 1.82) is 0 Å². The van der Waals surface area contributed by atoms with Crippen LogP contribution in [0.4, 0.5) is 0 Å². The Morgan fingerprint density at radius 3 is 1.95 bits per heavy atom. The quantitative estimate of drug-likeness (QED) is 0.210. The molecule has 1 heteroatoms. The zero-order valence-corrected chi connectivity index (χ0v) is 23.0. The van der Waals surface area contributed by atoms with Crippen molar-refractivity contribution in [2.24, 2.45) is 0 Å². The molecule has 0 unspecified atom stereocenters. The maximum absolute atomic E-state index is 4.65. The fourth-order valence-electron chi connectivity index (χ4n) is 7.15. The van der Waals surface area contributed by atoms with E-state index in [0.717, 1.165) is 0 Å². The summed E-state index contributed by atoms with van der Waals surface area (Å²) in [4.78, 5) is 4.65. The molecule has 40 heavy (non-hydrogen) atoms. The molecule has 0 amide bonds. The SMILES string of the molecule is Cc1ccc(-c2c3ccccc3c(-c3ccc4c(c3)C(C)(C)c3ccccc3-4)c3ccncc23)c2ccccc12. The minimum atomic E-state index is -0.0458. The molecule has 0 fully saturated rings. The van der Waals surface area contributed by atoms with Crippen molar-refractivity contribution in [3.05, 3.63) is 138 Å². The fourth-order valence-corrected chi connectivity index (χ4v) is 7.15. The first-order chi connectivity index (χ1) is 19.5. The molecule has 0 saturated heterocycles. The van der Waals surface area contributed by atoms with E-state index >= 15 is 0 Å². The van der Waals surface area contributed by atoms with Crippen molar-refractivity contribution in [2.45, 2.75) is 26.2 Å². The second-order valence-corrected chi connectivity index (χ2v) is 11.6. The molecule has 8 rings (SSSR count). The van der Waals surface area contributed by atoms with Gasteiger partial charge in [-0.15, -0.1) is 0 Å². The molecule has 0 bridgehead atoms. The second kappa shape index (κ2) is 8.37. The summed E-state index contributed by atoms with van der Waals surface area (Å²) < 4.78 is 0. The van der Waals surface area contributed by atoms with Crippen LogP contribution in [0.5, 0.6) is 0 Å². The Balaban J connectivity index is 1.47. The normalized spacial score (nSPS) is 13.6. The van der Waals surface area contributed by atoms with Gasteiger partial charge in [0.05, 0.1) is 0 Å². The molecule has 1 aliphatic carbocycles. The highest BCUT2D eigenvalue weighted by atomic mass is 14.6. The maximum atomic E-state index is 4.65. The van der Waals surface area contributed by atoms with Crippen LogP contribution < -0.4 is 0 Å². The molecule has 190 valence electrons. The number of benzene rings is 6. The second-order valence-electron chi connectivity index (χ2n) is 11.6. The van der Waals surface area contributed by atoms with E-state index in [1.54, 1.807) is 0 Å². The van der Waals surface area contributed by atoms with E-state index in [1.165, 1.54) is 82.4 Å². The Morgan fingerprint density at radius 1 is 0.500 bits per heavy atom. The van der Waals surface area contributed by atoms with Crippen molar-refractivity contribution < 1.29 is 0 Å². The summed E-state index contributed by atoms with van der Waals surface area (Å²) in [5, 5.41) is 7.53. The van der Waals surface area contributed by atoms with Crippen LogP contribution in [0.3, 0.4) is 0 Å². The third-order valence-electron chi connectivity index (χ3n) is 9.11. The number of fused-ring (bicyclic) bond motifs is 6. The Bertz CT molecular complexity index is 2090. The van der Waals surface area contributed by atoms with Gasteiger partial charge in [-0.05, 0) is 96.1 Å². The number of hydrogen-bond donors (Lipinski definition) is 0. The third kappa shape index (κ3) is 3.12. The largest absolute Gasteiger partial charge is 0.264 e. The number of rotatable bonds is 2. The topological polar surface area (TPSA) is 12.9 Å². The molecule has 0 spiro atoms. The predicted octanol–water partition coefficient (Wildman–Crippen LogP) is 10.5. The van der Waals surface area contributed by atoms with Gasteiger partial charge in [0.2, 0.25) is 0 Å². The van der Waals surface area contributed by atoms with E-state index in [-0.39, 0.29) is 5.41 Å². The van der Waals surface area contributed by atoms with Crippen LogP contribution in [-0.2, 0) is 5.41 Å². The van der Waals surface area contributed by atoms with Crippen LogP contribution in [0.2, 0.25) is 0 Å². The van der Waals surface area contributed by atoms with Gasteiger partial charge in [-0.1, -0.05) is 111 Å². The highest BCUT2D eigenvalue weighted by molar-refractivity contribution is 6.23. The molecule has 1 aromatic heterocycles. The van der Waals surface area contributed by atoms with Gasteiger partial charge < -0.3 is 0 Å². The lowest BCUT2D eigenvalue weighted by atomic mass is 9.80. The van der Waals surface area contributed by atoms with Gasteiger partial charge >= 0.3 is 0 Å². The number of hydrogen-bond acceptors (Lipinski definition) is 1. The summed E-state index contributed by atoms with van der Waals surface area (Å²) in [5.74, 6) is 0. The van der Waals surface area contributed by atoms with Crippen LogP contribution in [0.1, 0.15) is 30.5 Å². The van der Waals surface area contributed by atoms with Gasteiger partial charge in [0.25, 0.3) is 0 Å². The van der Waals surface area contributed by atoms with Crippen LogP contribution in [-0.4, -0.2) is 4.98 Å². The first-order valence-electron chi connectivity index (χ1n) is 14.1. The standard InChI is InChI=1S/C39H29N/c1-24-16-18-32(27-11-5-4-10-26(24)27)38-31-14-7-6-13-30(31)37(33-20-21-40-23-34(33)38)25-17-19-29-28-12-8-9-15-35(28)39(2,3)36(29)22-25/h4-23H,1-3H3. The predicted molar refractivity (Wildman–Crippen MR) is 170 cm³/mol. The number of aryl methyl sites for hydroxylation is 1. The van der Waals surface area contributed by atoms with Gasteiger partial charge in [-0.3, -0.25) is 4.98 Å². The molecule has 1 aliphatic rings. The number of nitrogens with zero attached hydrogens (tertiary/aromatic N) is 1. The van der Waals surface area contributed by atoms with E-state index in [1.807, 2.05) is 6.20 Å². The summed E-state index contributed by atoms with van der Waals surface area (Å²) in [6.45, 7) is 6.90. The van der Waals surface area contributed by atoms with Crippen molar-refractivity contribution in [3.8, 4) is 33.4 Å². The smallest absolute Gasteiger partial charge is 0.0353 e. The van der Waals surface area contributed by atoms with Gasteiger partial charge in [-0.2, -0.15) is 0 Å². The molecule has 7 aromatic rings. The molecule has 0 saturated carbocycles. The van der Waals surface area contributed by atoms with E-state index in [2.05, 4.69) is 141 Å². The lowest BCUT2D eigenvalue weighted by Crippen LogP contribution is -2.14. The average molecular weight is 512 g/mol. The van der Waals surface area contributed by atoms with E-state index < -0.39 is 0 Å². The van der Waals surface area contributed by atoms with Crippen molar-refractivity contribution >= 4 is 32.3 Å². The molecule has 0 atom stereocenters. The average Bonchev–Trinajstić information content (AvgIpc) is 3.22. The first-order valence-corrected chi connectivity index (χ1v) is 14.1. The van der Waals surface area contributed by atoms with E-state index in [0.29, 0.717) is 0 Å². The lowest BCUT2D eigenvalue weighted by molar-refractivity contribution is 0.660. The molecular weight excluding hydrogens is 482 g/mol. The molecule has 0 radical (unpaired) electrons. The third-order valence-corrected chi connectivity index (χ3v) is 9.11. The monoisotopic (exact) mass is 511 g/mol. The fraction of sp³-hybridized carbons (Fsp3) is 0.103. The highest BCUT2D eigenvalue weighted by Gasteiger charge is 2.35. The van der Waals surface area contributed by atoms with E-state index in [9.17, 15) is 0 Å². The summed E-state index contributed by atoms with van der Waals surface area (Å²) in [6, 6.07) is 40.4. The van der Waals surface area contributed by atoms with Crippen LogP contribution in [0.25, 0.3) is 65.7 Å². The Labute approximate surface area is 234 Å². The highest BCUT2D eigenvalue weighted by Crippen LogP contribution is 2.51. The lowest BCUT2D eigenvalue weighted by Gasteiger charge is -2.23. The maximum Gasteiger partial charge on any atom is 0.0353 e. The van der Waals surface area contributed by atoms with Crippen LogP contribution in [0.15, 0.2) is 122 Å². The molecule has 6 aromatic carbocycles. The number of pyridine rings is 1. The molecule has 0 aliphatic heterocycles. The number of aromatic nitrogens is 1.